The van der Waals surface area contributed by atoms with Gasteiger partial charge in [0.2, 0.25) is 0 Å². The third-order valence-electron chi connectivity index (χ3n) is 1.52. The van der Waals surface area contributed by atoms with E-state index < -0.39 is 0 Å². The summed E-state index contributed by atoms with van der Waals surface area (Å²) in [5.74, 6) is 0. The molecule has 0 radical (unpaired) electrons. The lowest BCUT2D eigenvalue weighted by atomic mass is 10.1. The van der Waals surface area contributed by atoms with Crippen molar-refractivity contribution >= 4 is 11.8 Å². The van der Waals surface area contributed by atoms with E-state index >= 15 is 0 Å². The average molecular weight is 175 g/mol. The number of rotatable bonds is 3. The highest BCUT2D eigenvalue weighted by molar-refractivity contribution is 8.04. The number of nitriles is 1. The molecule has 0 fully saturated rings. The largest absolute Gasteiger partial charge is 0.185 e. The topological polar surface area (TPSA) is 23.8 Å². The summed E-state index contributed by atoms with van der Waals surface area (Å²) in [6.07, 6.45) is 1.78. The Morgan fingerprint density at radius 1 is 1.42 bits per heavy atom. The Balaban J connectivity index is 2.81. The Kier molecular flexibility index (Phi) is 3.43. The smallest absolute Gasteiger partial charge is 0.134 e. The lowest BCUT2D eigenvalue weighted by Crippen LogP contribution is -1.86. The minimum Gasteiger partial charge on any atom is -0.185 e. The zero-order valence-corrected chi connectivity index (χ0v) is 7.42. The normalized spacial score (nSPS) is 11.6. The van der Waals surface area contributed by atoms with E-state index in [0.29, 0.717) is 0 Å². The third-order valence-corrected chi connectivity index (χ3v) is 2.35. The number of thioether (sulfide) groups is 1. The lowest BCUT2D eigenvalue weighted by Gasteiger charge is -2.05. The van der Waals surface area contributed by atoms with Crippen LogP contribution in [0.5, 0.6) is 0 Å². The standard InChI is InChI=1S/C10H9NS/c1-2-10(12-8-11)9-6-4-3-5-7-9/h2-7,10H,1H2. The number of thiocyanates is 1. The zero-order chi connectivity index (χ0) is 8.81. The van der Waals surface area contributed by atoms with Gasteiger partial charge in [-0.15, -0.1) is 6.58 Å². The van der Waals surface area contributed by atoms with E-state index in [1.807, 2.05) is 30.3 Å². The van der Waals surface area contributed by atoms with Crippen molar-refractivity contribution in [1.29, 1.82) is 5.26 Å². The van der Waals surface area contributed by atoms with Crippen molar-refractivity contribution in [2.45, 2.75) is 5.25 Å². The maximum absolute atomic E-state index is 8.49. The van der Waals surface area contributed by atoms with E-state index in [0.717, 1.165) is 5.56 Å². The molecule has 2 heteroatoms. The van der Waals surface area contributed by atoms with E-state index in [-0.39, 0.29) is 5.25 Å². The summed E-state index contributed by atoms with van der Waals surface area (Å²) in [5, 5.41) is 10.7. The highest BCUT2D eigenvalue weighted by atomic mass is 32.2. The van der Waals surface area contributed by atoms with Gasteiger partial charge >= 0.3 is 0 Å². The van der Waals surface area contributed by atoms with Crippen LogP contribution in [0.2, 0.25) is 0 Å². The summed E-state index contributed by atoms with van der Waals surface area (Å²) in [5.41, 5.74) is 1.12. The molecule has 0 spiro atoms. The predicted molar refractivity (Wildman–Crippen MR) is 52.6 cm³/mol. The fraction of sp³-hybridized carbons (Fsp3) is 0.100. The molecule has 0 heterocycles. The van der Waals surface area contributed by atoms with Crippen molar-refractivity contribution < 1.29 is 0 Å². The van der Waals surface area contributed by atoms with Gasteiger partial charge in [0.1, 0.15) is 5.40 Å². The van der Waals surface area contributed by atoms with Crippen LogP contribution in [0, 0.1) is 10.7 Å². The molecule has 0 N–H and O–H groups in total. The third kappa shape index (κ3) is 2.14. The van der Waals surface area contributed by atoms with Crippen LogP contribution in [0.4, 0.5) is 0 Å². The Hall–Kier alpha value is -1.20. The molecule has 0 aliphatic rings. The Labute approximate surface area is 76.7 Å². The maximum atomic E-state index is 8.49. The molecule has 0 amide bonds. The van der Waals surface area contributed by atoms with Crippen molar-refractivity contribution in [3.8, 4) is 5.40 Å². The SMILES string of the molecule is C=CC(SC#N)c1ccccc1. The van der Waals surface area contributed by atoms with Crippen LogP contribution in [0.25, 0.3) is 0 Å². The summed E-state index contributed by atoms with van der Waals surface area (Å²) in [7, 11) is 0. The fourth-order valence-electron chi connectivity index (χ4n) is 0.952. The molecule has 0 aliphatic carbocycles. The molecule has 60 valence electrons. The second kappa shape index (κ2) is 4.63. The van der Waals surface area contributed by atoms with Gasteiger partial charge in [-0.05, 0) is 17.3 Å². The monoisotopic (exact) mass is 175 g/mol. The predicted octanol–water partition coefficient (Wildman–Crippen LogP) is 3.13. The summed E-state index contributed by atoms with van der Waals surface area (Å²) in [6, 6.07) is 9.88. The van der Waals surface area contributed by atoms with Gasteiger partial charge in [-0.3, -0.25) is 0 Å². The first-order valence-corrected chi connectivity index (χ1v) is 4.48. The Morgan fingerprint density at radius 2 is 2.08 bits per heavy atom. The molecule has 1 aromatic carbocycles. The number of nitrogens with zero attached hydrogens (tertiary/aromatic N) is 1. The Morgan fingerprint density at radius 3 is 2.58 bits per heavy atom. The summed E-state index contributed by atoms with van der Waals surface area (Å²) in [6.45, 7) is 3.68. The molecular weight excluding hydrogens is 166 g/mol. The van der Waals surface area contributed by atoms with Gasteiger partial charge in [0.25, 0.3) is 0 Å². The van der Waals surface area contributed by atoms with E-state index in [1.54, 1.807) is 6.08 Å². The molecule has 0 aromatic heterocycles. The minimum atomic E-state index is 0.0937. The first kappa shape index (κ1) is 8.89. The highest BCUT2D eigenvalue weighted by Crippen LogP contribution is 2.28. The highest BCUT2D eigenvalue weighted by Gasteiger charge is 2.05. The van der Waals surface area contributed by atoms with Gasteiger partial charge in [0.05, 0.1) is 5.25 Å². The van der Waals surface area contributed by atoms with Crippen LogP contribution in [0.15, 0.2) is 43.0 Å². The van der Waals surface area contributed by atoms with Crippen LogP contribution in [-0.4, -0.2) is 0 Å². The van der Waals surface area contributed by atoms with Crippen LogP contribution in [-0.2, 0) is 0 Å². The van der Waals surface area contributed by atoms with Gasteiger partial charge in [0.15, 0.2) is 0 Å². The number of hydrogen-bond acceptors (Lipinski definition) is 2. The first-order valence-electron chi connectivity index (χ1n) is 3.60. The van der Waals surface area contributed by atoms with E-state index in [1.165, 1.54) is 11.8 Å². The van der Waals surface area contributed by atoms with Crippen LogP contribution in [0.1, 0.15) is 10.8 Å². The van der Waals surface area contributed by atoms with Crippen molar-refractivity contribution in [2.75, 3.05) is 0 Å². The lowest BCUT2D eigenvalue weighted by molar-refractivity contribution is 1.24. The molecule has 0 saturated heterocycles. The first-order chi connectivity index (χ1) is 5.88. The molecule has 0 bridgehead atoms. The maximum Gasteiger partial charge on any atom is 0.134 e. The molecule has 1 nitrogen and oxygen atoms in total. The van der Waals surface area contributed by atoms with Gasteiger partial charge in [-0.25, -0.2) is 0 Å². The molecule has 1 atom stereocenters. The summed E-state index contributed by atoms with van der Waals surface area (Å²) >= 11 is 1.22. The Bertz CT molecular complexity index is 286. The van der Waals surface area contributed by atoms with Crippen molar-refractivity contribution in [3.05, 3.63) is 48.6 Å². The molecule has 0 saturated carbocycles. The van der Waals surface area contributed by atoms with Crippen molar-refractivity contribution in [2.24, 2.45) is 0 Å². The second-order valence-corrected chi connectivity index (χ2v) is 3.20. The minimum absolute atomic E-state index is 0.0937. The molecular formula is C10H9NS. The van der Waals surface area contributed by atoms with Gasteiger partial charge in [0, 0.05) is 0 Å². The van der Waals surface area contributed by atoms with Crippen LogP contribution in [0.3, 0.4) is 0 Å². The quantitative estimate of drug-likeness (QED) is 0.520. The fourth-order valence-corrected chi connectivity index (χ4v) is 1.45. The van der Waals surface area contributed by atoms with Gasteiger partial charge in [-0.1, -0.05) is 36.4 Å². The second-order valence-electron chi connectivity index (χ2n) is 2.28. The van der Waals surface area contributed by atoms with E-state index in [4.69, 9.17) is 5.26 Å². The zero-order valence-electron chi connectivity index (χ0n) is 6.60. The van der Waals surface area contributed by atoms with Crippen molar-refractivity contribution in [1.82, 2.24) is 0 Å². The van der Waals surface area contributed by atoms with Crippen molar-refractivity contribution in [3.63, 3.8) is 0 Å². The van der Waals surface area contributed by atoms with E-state index in [9.17, 15) is 0 Å². The molecule has 0 aliphatic heterocycles. The van der Waals surface area contributed by atoms with Gasteiger partial charge in [-0.2, -0.15) is 5.26 Å². The van der Waals surface area contributed by atoms with E-state index in [2.05, 4.69) is 12.0 Å². The van der Waals surface area contributed by atoms with Crippen LogP contribution < -0.4 is 0 Å². The molecule has 1 rings (SSSR count). The number of hydrogen-bond donors (Lipinski definition) is 0. The molecule has 1 aromatic rings. The average Bonchev–Trinajstić information content (AvgIpc) is 2.15. The van der Waals surface area contributed by atoms with Gasteiger partial charge < -0.3 is 0 Å². The number of benzene rings is 1. The summed E-state index contributed by atoms with van der Waals surface area (Å²) < 4.78 is 0. The molecule has 1 unspecified atom stereocenters. The molecule has 12 heavy (non-hydrogen) atoms. The summed E-state index contributed by atoms with van der Waals surface area (Å²) in [4.78, 5) is 0. The van der Waals surface area contributed by atoms with Crippen LogP contribution >= 0.6 is 11.8 Å².